The van der Waals surface area contributed by atoms with E-state index in [0.29, 0.717) is 16.9 Å². The van der Waals surface area contributed by atoms with Crippen LogP contribution in [0.15, 0.2) is 28.0 Å². The minimum Gasteiger partial charge on any atom is -0.481 e. The number of rotatable bonds is 3. The third-order valence-electron chi connectivity index (χ3n) is 3.43. The summed E-state index contributed by atoms with van der Waals surface area (Å²) in [6, 6.07) is 5.01. The zero-order valence-corrected chi connectivity index (χ0v) is 11.9. The van der Waals surface area contributed by atoms with Crippen LogP contribution >= 0.6 is 0 Å². The number of hydrogen-bond donors (Lipinski definition) is 1. The zero-order chi connectivity index (χ0) is 14.4. The molecule has 1 aromatic carbocycles. The van der Waals surface area contributed by atoms with Crippen LogP contribution in [0.1, 0.15) is 31.9 Å². The molecule has 0 fully saturated rings. The fourth-order valence-corrected chi connectivity index (χ4v) is 3.50. The van der Waals surface area contributed by atoms with E-state index in [-0.39, 0.29) is 4.90 Å². The summed E-state index contributed by atoms with van der Waals surface area (Å²) in [5, 5.41) is 9.17. The number of carbonyl (C=O) groups is 1. The Morgan fingerprint density at radius 3 is 2.53 bits per heavy atom. The lowest BCUT2D eigenvalue weighted by Crippen LogP contribution is -2.26. The predicted molar refractivity (Wildman–Crippen MR) is 72.4 cm³/mol. The van der Waals surface area contributed by atoms with Crippen molar-refractivity contribution in [3.63, 3.8) is 0 Å². The highest BCUT2D eigenvalue weighted by atomic mass is 32.2. The Hall–Kier alpha value is -1.62. The zero-order valence-electron chi connectivity index (χ0n) is 11.1. The van der Waals surface area contributed by atoms with Gasteiger partial charge in [0.2, 0.25) is 9.84 Å². The van der Waals surface area contributed by atoms with Crippen molar-refractivity contribution in [2.75, 3.05) is 0 Å². The lowest BCUT2D eigenvalue weighted by molar-refractivity contribution is -0.146. The normalized spacial score (nSPS) is 16.9. The summed E-state index contributed by atoms with van der Waals surface area (Å²) in [5.74, 6) is -0.897. The van der Waals surface area contributed by atoms with E-state index in [4.69, 9.17) is 0 Å². The molecule has 4 nitrogen and oxygen atoms in total. The van der Waals surface area contributed by atoms with E-state index >= 15 is 0 Å². The van der Waals surface area contributed by atoms with E-state index in [1.807, 2.05) is 0 Å². The van der Waals surface area contributed by atoms with Gasteiger partial charge in [0, 0.05) is 4.91 Å². The second kappa shape index (κ2) is 4.20. The van der Waals surface area contributed by atoms with E-state index in [2.05, 4.69) is 0 Å². The minimum atomic E-state index is -3.37. The smallest absolute Gasteiger partial charge is 0.309 e. The molecule has 1 aromatic rings. The van der Waals surface area contributed by atoms with Crippen LogP contribution in [0.4, 0.5) is 0 Å². The van der Waals surface area contributed by atoms with Crippen LogP contribution in [0.2, 0.25) is 0 Å². The summed E-state index contributed by atoms with van der Waals surface area (Å²) in [6.45, 7) is 4.82. The van der Waals surface area contributed by atoms with Gasteiger partial charge in [0.15, 0.2) is 0 Å². The van der Waals surface area contributed by atoms with Crippen LogP contribution in [-0.4, -0.2) is 19.5 Å². The SMILES string of the molecule is CC1=Cc2c(CC(C)(C)C(=O)O)cccc2S1(=O)=O. The molecule has 1 aliphatic rings. The number of carboxylic acids is 1. The molecule has 19 heavy (non-hydrogen) atoms. The second-order valence-corrected chi connectivity index (χ2v) is 7.54. The first-order chi connectivity index (χ1) is 8.66. The lowest BCUT2D eigenvalue weighted by atomic mass is 9.84. The van der Waals surface area contributed by atoms with Gasteiger partial charge >= 0.3 is 5.97 Å². The third-order valence-corrected chi connectivity index (χ3v) is 5.33. The molecular formula is C14H16O4S. The fourth-order valence-electron chi connectivity index (χ4n) is 2.15. The van der Waals surface area contributed by atoms with Gasteiger partial charge in [-0.3, -0.25) is 4.79 Å². The van der Waals surface area contributed by atoms with Crippen molar-refractivity contribution in [1.82, 2.24) is 0 Å². The Balaban J connectivity index is 2.54. The number of benzene rings is 1. The van der Waals surface area contributed by atoms with Gasteiger partial charge in [0.25, 0.3) is 0 Å². The number of sulfone groups is 1. The molecule has 1 heterocycles. The molecule has 0 unspecified atom stereocenters. The van der Waals surface area contributed by atoms with Crippen LogP contribution in [0.3, 0.4) is 0 Å². The molecule has 1 N–H and O–H groups in total. The fraction of sp³-hybridized carbons (Fsp3) is 0.357. The summed E-state index contributed by atoms with van der Waals surface area (Å²) in [4.78, 5) is 11.8. The average Bonchev–Trinajstić information content (AvgIpc) is 2.52. The first kappa shape index (κ1) is 13.8. The number of aliphatic carboxylic acids is 1. The lowest BCUT2D eigenvalue weighted by Gasteiger charge is -2.20. The predicted octanol–water partition coefficient (Wildman–Crippen LogP) is 2.49. The van der Waals surface area contributed by atoms with E-state index in [1.165, 1.54) is 0 Å². The van der Waals surface area contributed by atoms with Crippen molar-refractivity contribution in [1.29, 1.82) is 0 Å². The maximum absolute atomic E-state index is 12.1. The first-order valence-electron chi connectivity index (χ1n) is 5.95. The average molecular weight is 280 g/mol. The first-order valence-corrected chi connectivity index (χ1v) is 7.43. The summed E-state index contributed by atoms with van der Waals surface area (Å²) in [5.41, 5.74) is 0.461. The molecule has 0 saturated carbocycles. The Bertz CT molecular complexity index is 681. The van der Waals surface area contributed by atoms with Gasteiger partial charge in [-0.15, -0.1) is 0 Å². The highest BCUT2D eigenvalue weighted by Crippen LogP contribution is 2.36. The monoisotopic (exact) mass is 280 g/mol. The highest BCUT2D eigenvalue weighted by molar-refractivity contribution is 7.95. The summed E-state index contributed by atoms with van der Waals surface area (Å²) in [6.07, 6.45) is 1.92. The Kier molecular flexibility index (Phi) is 3.05. The molecule has 0 bridgehead atoms. The molecule has 2 rings (SSSR count). The van der Waals surface area contributed by atoms with Gasteiger partial charge in [-0.25, -0.2) is 8.42 Å². The van der Waals surface area contributed by atoms with Gasteiger partial charge in [0.1, 0.15) is 0 Å². The molecule has 1 aliphatic heterocycles. The van der Waals surface area contributed by atoms with Gasteiger partial charge in [0.05, 0.1) is 10.3 Å². The van der Waals surface area contributed by atoms with Crippen molar-refractivity contribution in [3.05, 3.63) is 34.2 Å². The van der Waals surface area contributed by atoms with E-state index in [0.717, 1.165) is 5.56 Å². The Labute approximate surface area is 112 Å². The van der Waals surface area contributed by atoms with Crippen LogP contribution in [0, 0.1) is 5.41 Å². The number of fused-ring (bicyclic) bond motifs is 1. The molecular weight excluding hydrogens is 264 g/mol. The van der Waals surface area contributed by atoms with Gasteiger partial charge in [-0.1, -0.05) is 12.1 Å². The van der Waals surface area contributed by atoms with Crippen molar-refractivity contribution in [3.8, 4) is 0 Å². The summed E-state index contributed by atoms with van der Waals surface area (Å²) >= 11 is 0. The molecule has 0 aliphatic carbocycles. The van der Waals surface area contributed by atoms with Crippen molar-refractivity contribution in [2.24, 2.45) is 5.41 Å². The largest absolute Gasteiger partial charge is 0.481 e. The van der Waals surface area contributed by atoms with E-state index < -0.39 is 21.2 Å². The highest BCUT2D eigenvalue weighted by Gasteiger charge is 2.32. The summed E-state index contributed by atoms with van der Waals surface area (Å²) in [7, 11) is -3.37. The van der Waals surface area contributed by atoms with Crippen LogP contribution < -0.4 is 0 Å². The topological polar surface area (TPSA) is 71.4 Å². The van der Waals surface area contributed by atoms with Crippen molar-refractivity contribution < 1.29 is 18.3 Å². The van der Waals surface area contributed by atoms with E-state index in [9.17, 15) is 18.3 Å². The maximum atomic E-state index is 12.1. The Morgan fingerprint density at radius 1 is 1.32 bits per heavy atom. The second-order valence-electron chi connectivity index (χ2n) is 5.45. The molecule has 0 radical (unpaired) electrons. The van der Waals surface area contributed by atoms with E-state index in [1.54, 1.807) is 45.0 Å². The molecule has 102 valence electrons. The third kappa shape index (κ3) is 2.18. The number of allylic oxidation sites excluding steroid dienone is 1. The molecule has 0 atom stereocenters. The molecule has 5 heteroatoms. The van der Waals surface area contributed by atoms with Crippen LogP contribution in [0.25, 0.3) is 6.08 Å². The minimum absolute atomic E-state index is 0.281. The molecule has 0 aromatic heterocycles. The van der Waals surface area contributed by atoms with Crippen LogP contribution in [0.5, 0.6) is 0 Å². The quantitative estimate of drug-likeness (QED) is 0.923. The summed E-state index contributed by atoms with van der Waals surface area (Å²) < 4.78 is 24.1. The van der Waals surface area contributed by atoms with Gasteiger partial charge in [-0.2, -0.15) is 0 Å². The molecule has 0 spiro atoms. The van der Waals surface area contributed by atoms with Gasteiger partial charge in [-0.05, 0) is 50.5 Å². The maximum Gasteiger partial charge on any atom is 0.309 e. The van der Waals surface area contributed by atoms with Gasteiger partial charge < -0.3 is 5.11 Å². The van der Waals surface area contributed by atoms with Crippen molar-refractivity contribution >= 4 is 21.9 Å². The number of carboxylic acid groups (broad SMARTS) is 1. The Morgan fingerprint density at radius 2 is 1.95 bits per heavy atom. The molecule has 0 amide bonds. The van der Waals surface area contributed by atoms with Crippen LogP contribution in [-0.2, 0) is 21.1 Å². The standard InChI is InChI=1S/C14H16O4S/c1-9-7-11-10(8-14(2,3)13(15)16)5-4-6-12(11)19(9,17)18/h4-7H,8H2,1-3H3,(H,15,16). The molecule has 0 saturated heterocycles. The van der Waals surface area contributed by atoms with Crippen molar-refractivity contribution in [2.45, 2.75) is 32.1 Å². The number of hydrogen-bond acceptors (Lipinski definition) is 3.